The minimum Gasteiger partial charge on any atom is -0.492 e. The second-order valence-electron chi connectivity index (χ2n) is 4.42. The fraction of sp³-hybridized carbons (Fsp3) is 0.188. The number of hydrogen-bond donors (Lipinski definition) is 1. The molecule has 0 fully saturated rings. The van der Waals surface area contributed by atoms with Gasteiger partial charge < -0.3 is 10.1 Å². The summed E-state index contributed by atoms with van der Waals surface area (Å²) in [6, 6.07) is 13.7. The molecule has 5 heteroatoms. The first-order valence-corrected chi connectivity index (χ1v) is 7.33. The summed E-state index contributed by atoms with van der Waals surface area (Å²) in [7, 11) is 0. The Labute approximate surface area is 131 Å². The van der Waals surface area contributed by atoms with Crippen LogP contribution in [0.25, 0.3) is 0 Å². The van der Waals surface area contributed by atoms with Gasteiger partial charge in [0, 0.05) is 4.47 Å². The van der Waals surface area contributed by atoms with Crippen LogP contribution in [0.2, 0.25) is 0 Å². The van der Waals surface area contributed by atoms with Crippen LogP contribution in [0.5, 0.6) is 5.75 Å². The van der Waals surface area contributed by atoms with Crippen LogP contribution >= 0.6 is 15.9 Å². The molecule has 0 spiro atoms. The fourth-order valence-electron chi connectivity index (χ4n) is 1.77. The SMILES string of the molecule is O=C(Cc1ccccc1F)NCCOc1ccc(Br)cc1. The van der Waals surface area contributed by atoms with Crippen LogP contribution in [0, 0.1) is 5.82 Å². The van der Waals surface area contributed by atoms with E-state index in [1.807, 2.05) is 24.3 Å². The van der Waals surface area contributed by atoms with E-state index in [1.165, 1.54) is 6.07 Å². The van der Waals surface area contributed by atoms with Crippen molar-refractivity contribution in [3.8, 4) is 5.75 Å². The predicted molar refractivity (Wildman–Crippen MR) is 82.8 cm³/mol. The summed E-state index contributed by atoms with van der Waals surface area (Å²) < 4.78 is 19.8. The molecule has 0 saturated heterocycles. The summed E-state index contributed by atoms with van der Waals surface area (Å²) in [5.41, 5.74) is 0.392. The Kier molecular flexibility index (Phi) is 5.75. The van der Waals surface area contributed by atoms with E-state index in [2.05, 4.69) is 21.2 Å². The van der Waals surface area contributed by atoms with Crippen molar-refractivity contribution in [1.82, 2.24) is 5.32 Å². The second kappa shape index (κ2) is 7.78. The zero-order valence-electron chi connectivity index (χ0n) is 11.3. The number of carbonyl (C=O) groups excluding carboxylic acids is 1. The van der Waals surface area contributed by atoms with Crippen LogP contribution in [0.4, 0.5) is 4.39 Å². The lowest BCUT2D eigenvalue weighted by Crippen LogP contribution is -2.29. The van der Waals surface area contributed by atoms with Crippen molar-refractivity contribution in [3.05, 3.63) is 64.4 Å². The normalized spacial score (nSPS) is 10.2. The Morgan fingerprint density at radius 2 is 1.86 bits per heavy atom. The van der Waals surface area contributed by atoms with E-state index < -0.39 is 0 Å². The number of carbonyl (C=O) groups is 1. The van der Waals surface area contributed by atoms with Gasteiger partial charge in [0.1, 0.15) is 18.2 Å². The quantitative estimate of drug-likeness (QED) is 0.810. The number of hydrogen-bond acceptors (Lipinski definition) is 2. The summed E-state index contributed by atoms with van der Waals surface area (Å²) in [6.07, 6.45) is 0.0327. The molecule has 0 aliphatic carbocycles. The van der Waals surface area contributed by atoms with Gasteiger partial charge in [-0.05, 0) is 35.9 Å². The summed E-state index contributed by atoms with van der Waals surface area (Å²) >= 11 is 3.34. The second-order valence-corrected chi connectivity index (χ2v) is 5.34. The molecule has 1 N–H and O–H groups in total. The third-order valence-corrected chi connectivity index (χ3v) is 3.34. The van der Waals surface area contributed by atoms with E-state index in [-0.39, 0.29) is 18.1 Å². The van der Waals surface area contributed by atoms with Crippen LogP contribution in [0.3, 0.4) is 0 Å². The van der Waals surface area contributed by atoms with Crippen molar-refractivity contribution >= 4 is 21.8 Å². The van der Waals surface area contributed by atoms with Crippen molar-refractivity contribution in [3.63, 3.8) is 0 Å². The van der Waals surface area contributed by atoms with Crippen LogP contribution in [0.15, 0.2) is 53.0 Å². The fourth-order valence-corrected chi connectivity index (χ4v) is 2.03. The number of nitrogens with one attached hydrogen (secondary N) is 1. The molecule has 2 aromatic carbocycles. The maximum atomic E-state index is 13.4. The van der Waals surface area contributed by atoms with Gasteiger partial charge in [-0.2, -0.15) is 0 Å². The van der Waals surface area contributed by atoms with Gasteiger partial charge in [0.15, 0.2) is 0 Å². The minimum absolute atomic E-state index is 0.0327. The van der Waals surface area contributed by atoms with Gasteiger partial charge in [0.25, 0.3) is 0 Å². The van der Waals surface area contributed by atoms with Gasteiger partial charge in [0.2, 0.25) is 5.91 Å². The highest BCUT2D eigenvalue weighted by atomic mass is 79.9. The number of ether oxygens (including phenoxy) is 1. The van der Waals surface area contributed by atoms with Crippen LogP contribution < -0.4 is 10.1 Å². The largest absolute Gasteiger partial charge is 0.492 e. The molecule has 0 heterocycles. The molecule has 0 aliphatic rings. The molecule has 21 heavy (non-hydrogen) atoms. The van der Waals surface area contributed by atoms with Gasteiger partial charge in [-0.25, -0.2) is 4.39 Å². The summed E-state index contributed by atoms with van der Waals surface area (Å²) in [5.74, 6) is 0.153. The first-order valence-electron chi connectivity index (χ1n) is 6.53. The molecule has 0 aromatic heterocycles. The summed E-state index contributed by atoms with van der Waals surface area (Å²) in [6.45, 7) is 0.744. The lowest BCUT2D eigenvalue weighted by atomic mass is 10.1. The molecule has 0 aliphatic heterocycles. The van der Waals surface area contributed by atoms with E-state index in [1.54, 1.807) is 18.2 Å². The monoisotopic (exact) mass is 351 g/mol. The van der Waals surface area contributed by atoms with E-state index in [4.69, 9.17) is 4.74 Å². The maximum Gasteiger partial charge on any atom is 0.224 e. The van der Waals surface area contributed by atoms with Crippen molar-refractivity contribution in [2.45, 2.75) is 6.42 Å². The number of amides is 1. The Bertz CT molecular complexity index is 601. The van der Waals surface area contributed by atoms with E-state index in [9.17, 15) is 9.18 Å². The van der Waals surface area contributed by atoms with Gasteiger partial charge in [0.05, 0.1) is 13.0 Å². The van der Waals surface area contributed by atoms with Crippen molar-refractivity contribution in [1.29, 1.82) is 0 Å². The molecule has 0 unspecified atom stereocenters. The molecule has 3 nitrogen and oxygen atoms in total. The lowest BCUT2D eigenvalue weighted by Gasteiger charge is -2.08. The van der Waals surface area contributed by atoms with E-state index in [0.29, 0.717) is 18.7 Å². The molecule has 1 amide bonds. The average Bonchev–Trinajstić information content (AvgIpc) is 2.48. The smallest absolute Gasteiger partial charge is 0.224 e. The first kappa shape index (κ1) is 15.5. The topological polar surface area (TPSA) is 38.3 Å². The molecule has 0 saturated carbocycles. The third kappa shape index (κ3) is 5.19. The van der Waals surface area contributed by atoms with Crippen molar-refractivity contribution < 1.29 is 13.9 Å². The van der Waals surface area contributed by atoms with Crippen LogP contribution in [0.1, 0.15) is 5.56 Å². The molecule has 0 atom stereocenters. The highest BCUT2D eigenvalue weighted by molar-refractivity contribution is 9.10. The zero-order valence-corrected chi connectivity index (χ0v) is 12.9. The number of rotatable bonds is 6. The Morgan fingerprint density at radius 3 is 2.57 bits per heavy atom. The number of benzene rings is 2. The Balaban J connectivity index is 1.70. The Hall–Kier alpha value is -1.88. The minimum atomic E-state index is -0.362. The van der Waals surface area contributed by atoms with Crippen LogP contribution in [-0.4, -0.2) is 19.1 Å². The highest BCUT2D eigenvalue weighted by Gasteiger charge is 2.06. The van der Waals surface area contributed by atoms with Crippen molar-refractivity contribution in [2.24, 2.45) is 0 Å². The zero-order chi connectivity index (χ0) is 15.1. The number of halogens is 2. The van der Waals surface area contributed by atoms with Gasteiger partial charge in [-0.1, -0.05) is 34.1 Å². The lowest BCUT2D eigenvalue weighted by molar-refractivity contribution is -0.120. The standard InChI is InChI=1S/C16H15BrFNO2/c17-13-5-7-14(8-6-13)21-10-9-19-16(20)11-12-3-1-2-4-15(12)18/h1-8H,9-11H2,(H,19,20). The van der Waals surface area contributed by atoms with Gasteiger partial charge >= 0.3 is 0 Å². The summed E-state index contributed by atoms with van der Waals surface area (Å²) in [4.78, 5) is 11.7. The van der Waals surface area contributed by atoms with E-state index >= 15 is 0 Å². The first-order chi connectivity index (χ1) is 10.1. The maximum absolute atomic E-state index is 13.4. The highest BCUT2D eigenvalue weighted by Crippen LogP contribution is 2.15. The molecule has 0 bridgehead atoms. The molecule has 0 radical (unpaired) electrons. The predicted octanol–water partition coefficient (Wildman–Crippen LogP) is 3.33. The Morgan fingerprint density at radius 1 is 1.14 bits per heavy atom. The molecular formula is C16H15BrFNO2. The van der Waals surface area contributed by atoms with Gasteiger partial charge in [-0.3, -0.25) is 4.79 Å². The van der Waals surface area contributed by atoms with Crippen LogP contribution in [-0.2, 0) is 11.2 Å². The van der Waals surface area contributed by atoms with Crippen molar-refractivity contribution in [2.75, 3.05) is 13.2 Å². The average molecular weight is 352 g/mol. The van der Waals surface area contributed by atoms with E-state index in [0.717, 1.165) is 10.2 Å². The third-order valence-electron chi connectivity index (χ3n) is 2.82. The summed E-state index contributed by atoms with van der Waals surface area (Å²) in [5, 5.41) is 2.70. The molecule has 2 rings (SSSR count). The van der Waals surface area contributed by atoms with Gasteiger partial charge in [-0.15, -0.1) is 0 Å². The molecular weight excluding hydrogens is 337 g/mol. The molecule has 110 valence electrons. The molecule has 2 aromatic rings.